The van der Waals surface area contributed by atoms with Gasteiger partial charge in [0, 0.05) is 11.8 Å². The highest BCUT2D eigenvalue weighted by molar-refractivity contribution is 5.48. The summed E-state index contributed by atoms with van der Waals surface area (Å²) in [6.07, 6.45) is 6.36. The van der Waals surface area contributed by atoms with Gasteiger partial charge in [-0.2, -0.15) is 0 Å². The summed E-state index contributed by atoms with van der Waals surface area (Å²) in [5.74, 6) is 1.87. The van der Waals surface area contributed by atoms with E-state index in [4.69, 9.17) is 9.47 Å². The van der Waals surface area contributed by atoms with Crippen molar-refractivity contribution in [1.82, 2.24) is 0 Å². The Labute approximate surface area is 158 Å². The molecule has 0 fully saturated rings. The second-order valence-corrected chi connectivity index (χ2v) is 6.87. The van der Waals surface area contributed by atoms with Gasteiger partial charge in [-0.15, -0.1) is 0 Å². The van der Waals surface area contributed by atoms with Gasteiger partial charge in [0.15, 0.2) is 0 Å². The van der Waals surface area contributed by atoms with Crippen molar-refractivity contribution in [2.45, 2.75) is 59.0 Å². The lowest BCUT2D eigenvalue weighted by atomic mass is 10.2. The predicted octanol–water partition coefficient (Wildman–Crippen LogP) is 6.22. The van der Waals surface area contributed by atoms with Crippen LogP contribution in [0.4, 0.5) is 5.69 Å². The van der Waals surface area contributed by atoms with Crippen molar-refractivity contribution in [3.8, 4) is 11.5 Å². The third-order valence-electron chi connectivity index (χ3n) is 4.37. The van der Waals surface area contributed by atoms with Crippen LogP contribution in [-0.4, -0.2) is 19.3 Å². The number of aryl methyl sites for hydroxylation is 1. The van der Waals surface area contributed by atoms with E-state index >= 15 is 0 Å². The molecule has 1 N–H and O–H groups in total. The Hall–Kier alpha value is -2.16. The summed E-state index contributed by atoms with van der Waals surface area (Å²) in [5, 5.41) is 3.44. The molecule has 1 atom stereocenters. The Morgan fingerprint density at radius 3 is 2.58 bits per heavy atom. The van der Waals surface area contributed by atoms with Crippen molar-refractivity contribution >= 4 is 5.69 Å². The van der Waals surface area contributed by atoms with Crippen LogP contribution in [0.2, 0.25) is 0 Å². The molecule has 0 aliphatic rings. The molecule has 0 radical (unpaired) electrons. The van der Waals surface area contributed by atoms with E-state index in [9.17, 15) is 0 Å². The van der Waals surface area contributed by atoms with Gasteiger partial charge in [-0.25, -0.2) is 0 Å². The molecule has 3 heteroatoms. The van der Waals surface area contributed by atoms with Crippen LogP contribution in [-0.2, 0) is 0 Å². The van der Waals surface area contributed by atoms with Crippen molar-refractivity contribution in [3.05, 3.63) is 54.1 Å². The van der Waals surface area contributed by atoms with E-state index in [1.807, 2.05) is 30.3 Å². The minimum absolute atomic E-state index is 0.0826. The van der Waals surface area contributed by atoms with Crippen LogP contribution in [0.1, 0.15) is 51.5 Å². The molecule has 142 valence electrons. The molecule has 0 spiro atoms. The molecule has 2 rings (SSSR count). The van der Waals surface area contributed by atoms with E-state index in [-0.39, 0.29) is 6.10 Å². The molecular formula is C23H33NO2. The van der Waals surface area contributed by atoms with Gasteiger partial charge in [-0.05, 0) is 44.0 Å². The monoisotopic (exact) mass is 355 g/mol. The number of nitrogens with one attached hydrogen (secondary N) is 1. The lowest BCUT2D eigenvalue weighted by Gasteiger charge is -2.18. The fraction of sp³-hybridized carbons (Fsp3) is 0.478. The fourth-order valence-corrected chi connectivity index (χ4v) is 2.80. The standard InChI is InChI=1S/C23H33NO2/c1-4-5-6-7-10-16-25-22-14-11-13-21(17-22)24-18-20(3)26-23-15-9-8-12-19(23)2/h8-9,11-15,17,20,24H,4-7,10,16,18H2,1-3H3. The van der Waals surface area contributed by atoms with E-state index in [1.54, 1.807) is 0 Å². The second kappa shape index (κ2) is 11.5. The molecule has 0 aromatic heterocycles. The second-order valence-electron chi connectivity index (χ2n) is 6.87. The van der Waals surface area contributed by atoms with Gasteiger partial charge < -0.3 is 14.8 Å². The van der Waals surface area contributed by atoms with Gasteiger partial charge in [0.2, 0.25) is 0 Å². The first kappa shape index (κ1) is 20.2. The average molecular weight is 356 g/mol. The van der Waals surface area contributed by atoms with Crippen LogP contribution >= 0.6 is 0 Å². The normalized spacial score (nSPS) is 11.8. The summed E-state index contributed by atoms with van der Waals surface area (Å²) in [4.78, 5) is 0. The minimum Gasteiger partial charge on any atom is -0.494 e. The summed E-state index contributed by atoms with van der Waals surface area (Å²) in [6, 6.07) is 16.3. The highest BCUT2D eigenvalue weighted by atomic mass is 16.5. The lowest BCUT2D eigenvalue weighted by molar-refractivity contribution is 0.233. The summed E-state index contributed by atoms with van der Waals surface area (Å²) >= 11 is 0. The molecule has 3 nitrogen and oxygen atoms in total. The van der Waals surface area contributed by atoms with Crippen LogP contribution in [0.15, 0.2) is 48.5 Å². The Morgan fingerprint density at radius 1 is 0.962 bits per heavy atom. The Bertz CT molecular complexity index is 642. The summed E-state index contributed by atoms with van der Waals surface area (Å²) in [6.45, 7) is 7.92. The van der Waals surface area contributed by atoms with Crippen molar-refractivity contribution < 1.29 is 9.47 Å². The zero-order chi connectivity index (χ0) is 18.6. The van der Waals surface area contributed by atoms with Crippen molar-refractivity contribution in [1.29, 1.82) is 0 Å². The Balaban J connectivity index is 1.73. The number of hydrogen-bond donors (Lipinski definition) is 1. The summed E-state index contributed by atoms with van der Waals surface area (Å²) in [5.41, 5.74) is 2.22. The van der Waals surface area contributed by atoms with E-state index in [2.05, 4.69) is 44.3 Å². The highest BCUT2D eigenvalue weighted by Crippen LogP contribution is 2.20. The number of unbranched alkanes of at least 4 members (excludes halogenated alkanes) is 4. The van der Waals surface area contributed by atoms with Gasteiger partial charge in [0.05, 0.1) is 13.2 Å². The number of para-hydroxylation sites is 1. The molecule has 26 heavy (non-hydrogen) atoms. The smallest absolute Gasteiger partial charge is 0.122 e. The lowest BCUT2D eigenvalue weighted by Crippen LogP contribution is -2.23. The van der Waals surface area contributed by atoms with Crippen LogP contribution in [0, 0.1) is 6.92 Å². The largest absolute Gasteiger partial charge is 0.494 e. The molecule has 0 amide bonds. The molecule has 2 aromatic carbocycles. The fourth-order valence-electron chi connectivity index (χ4n) is 2.80. The first-order valence-corrected chi connectivity index (χ1v) is 9.88. The molecule has 0 saturated carbocycles. The molecule has 0 aliphatic carbocycles. The first-order chi connectivity index (χ1) is 12.7. The summed E-state index contributed by atoms with van der Waals surface area (Å²) < 4.78 is 11.9. The number of hydrogen-bond acceptors (Lipinski definition) is 3. The van der Waals surface area contributed by atoms with E-state index < -0.39 is 0 Å². The molecule has 0 saturated heterocycles. The van der Waals surface area contributed by atoms with Crippen LogP contribution < -0.4 is 14.8 Å². The van der Waals surface area contributed by atoms with Crippen LogP contribution in [0.25, 0.3) is 0 Å². The minimum atomic E-state index is 0.0826. The number of rotatable bonds is 12. The van der Waals surface area contributed by atoms with Gasteiger partial charge in [-0.1, -0.05) is 56.9 Å². The quantitative estimate of drug-likeness (QED) is 0.458. The summed E-state index contributed by atoms with van der Waals surface area (Å²) in [7, 11) is 0. The first-order valence-electron chi connectivity index (χ1n) is 9.88. The molecule has 0 aliphatic heterocycles. The maximum absolute atomic E-state index is 6.01. The molecule has 2 aromatic rings. The maximum atomic E-state index is 6.01. The van der Waals surface area contributed by atoms with Crippen molar-refractivity contribution in [2.24, 2.45) is 0 Å². The molecule has 0 heterocycles. The van der Waals surface area contributed by atoms with E-state index in [1.165, 1.54) is 25.7 Å². The molecular weight excluding hydrogens is 322 g/mol. The SMILES string of the molecule is CCCCCCCOc1cccc(NCC(C)Oc2ccccc2C)c1. The van der Waals surface area contributed by atoms with Gasteiger partial charge >= 0.3 is 0 Å². The van der Waals surface area contributed by atoms with Gasteiger partial charge in [0.25, 0.3) is 0 Å². The number of anilines is 1. The van der Waals surface area contributed by atoms with Crippen molar-refractivity contribution in [2.75, 3.05) is 18.5 Å². The van der Waals surface area contributed by atoms with Gasteiger partial charge in [0.1, 0.15) is 17.6 Å². The van der Waals surface area contributed by atoms with Gasteiger partial charge in [-0.3, -0.25) is 0 Å². The van der Waals surface area contributed by atoms with E-state index in [0.29, 0.717) is 0 Å². The third kappa shape index (κ3) is 7.38. The Kier molecular flexibility index (Phi) is 8.88. The van der Waals surface area contributed by atoms with Crippen molar-refractivity contribution in [3.63, 3.8) is 0 Å². The highest BCUT2D eigenvalue weighted by Gasteiger charge is 2.06. The zero-order valence-electron chi connectivity index (χ0n) is 16.5. The van der Waals surface area contributed by atoms with Crippen LogP contribution in [0.3, 0.4) is 0 Å². The number of benzene rings is 2. The maximum Gasteiger partial charge on any atom is 0.122 e. The topological polar surface area (TPSA) is 30.5 Å². The molecule has 0 bridgehead atoms. The zero-order valence-corrected chi connectivity index (χ0v) is 16.5. The average Bonchev–Trinajstić information content (AvgIpc) is 2.65. The predicted molar refractivity (Wildman–Crippen MR) is 110 cm³/mol. The Morgan fingerprint density at radius 2 is 1.77 bits per heavy atom. The van der Waals surface area contributed by atoms with Crippen LogP contribution in [0.5, 0.6) is 11.5 Å². The van der Waals surface area contributed by atoms with E-state index in [0.717, 1.165) is 42.3 Å². The molecule has 1 unspecified atom stereocenters. The third-order valence-corrected chi connectivity index (χ3v) is 4.37. The number of ether oxygens (including phenoxy) is 2.